The van der Waals surface area contributed by atoms with Gasteiger partial charge in [-0.2, -0.15) is 0 Å². The summed E-state index contributed by atoms with van der Waals surface area (Å²) in [6.07, 6.45) is 3.59. The van der Waals surface area contributed by atoms with Crippen LogP contribution in [-0.4, -0.2) is 109 Å². The first-order chi connectivity index (χ1) is 16.4. The molecule has 2 amide bonds. The summed E-state index contributed by atoms with van der Waals surface area (Å²) in [4.78, 5) is 27.3. The van der Waals surface area contributed by atoms with Crippen molar-refractivity contribution in [2.45, 2.75) is 53.9 Å². The quantitative estimate of drug-likeness (QED) is 0.533. The van der Waals surface area contributed by atoms with Crippen molar-refractivity contribution in [2.75, 3.05) is 67.1 Å². The largest absolute Gasteiger partial charge is 0.400 e. The van der Waals surface area contributed by atoms with E-state index in [9.17, 15) is 9.59 Å². The Kier molecular flexibility index (Phi) is 38.3. The standard InChI is InChI=1S/C9H17N3O2.C7H8.C4H10O.C3H8O.C2H6.CH4O/c1-10-3-5-12(6-4-10)9(14)7-11(2)8-13;1-7-5-3-2-4-6-7;1-2-3-4-5;1-2-3-4;2*1-2/h8H,3-7H2,1-2H3;2-6H,1H3;5H,2-4H2,1H3;4H,2-3H2,1H3;1-2H3;2H,1H3. The molecule has 1 saturated heterocycles. The third kappa shape index (κ3) is 30.0. The molecule has 8 nitrogen and oxygen atoms in total. The van der Waals surface area contributed by atoms with Gasteiger partial charge in [0.15, 0.2) is 0 Å². The molecule has 3 N–H and O–H groups in total. The minimum Gasteiger partial charge on any atom is -0.400 e. The normalized spacial score (nSPS) is 11.7. The molecule has 0 aromatic heterocycles. The summed E-state index contributed by atoms with van der Waals surface area (Å²) in [6, 6.07) is 10.3. The van der Waals surface area contributed by atoms with Gasteiger partial charge in [0, 0.05) is 53.6 Å². The highest BCUT2D eigenvalue weighted by Gasteiger charge is 2.19. The molecule has 1 aromatic carbocycles. The van der Waals surface area contributed by atoms with Crippen molar-refractivity contribution < 1.29 is 24.9 Å². The summed E-state index contributed by atoms with van der Waals surface area (Å²) in [5.41, 5.74) is 1.32. The maximum absolute atomic E-state index is 11.6. The Morgan fingerprint density at radius 2 is 1.44 bits per heavy atom. The molecule has 1 aliphatic rings. The van der Waals surface area contributed by atoms with Crippen LogP contribution in [0.25, 0.3) is 0 Å². The lowest BCUT2D eigenvalue weighted by Gasteiger charge is -2.33. The molecule has 1 heterocycles. The van der Waals surface area contributed by atoms with Gasteiger partial charge in [-0.3, -0.25) is 9.59 Å². The smallest absolute Gasteiger partial charge is 0.242 e. The van der Waals surface area contributed by atoms with Crippen molar-refractivity contribution in [3.8, 4) is 0 Å². The Balaban J connectivity index is -0.000000189. The first kappa shape index (κ1) is 39.2. The average molecular weight is 488 g/mol. The van der Waals surface area contributed by atoms with E-state index in [0.29, 0.717) is 19.6 Å². The van der Waals surface area contributed by atoms with Crippen LogP contribution >= 0.6 is 0 Å². The van der Waals surface area contributed by atoms with Crippen LogP contribution in [0.1, 0.15) is 52.5 Å². The SMILES string of the molecule is CC.CCCCO.CCCO.CN(C=O)CC(=O)N1CCN(C)CC1.CO.Cc1ccccc1. The molecule has 1 aliphatic heterocycles. The lowest BCUT2D eigenvalue weighted by atomic mass is 10.2. The predicted molar refractivity (Wildman–Crippen MR) is 143 cm³/mol. The van der Waals surface area contributed by atoms with E-state index in [1.165, 1.54) is 10.5 Å². The molecular formula is C26H53N3O5. The number of carbonyl (C=O) groups is 2. The zero-order valence-corrected chi connectivity index (χ0v) is 23.0. The van der Waals surface area contributed by atoms with Gasteiger partial charge in [-0.25, -0.2) is 0 Å². The molecule has 1 fully saturated rings. The molecule has 8 heteroatoms. The number of piperazine rings is 1. The molecule has 0 unspecified atom stereocenters. The third-order valence-electron chi connectivity index (χ3n) is 4.10. The second kappa shape index (κ2) is 33.2. The first-order valence-electron chi connectivity index (χ1n) is 12.2. The van der Waals surface area contributed by atoms with Crippen LogP contribution < -0.4 is 0 Å². The fraction of sp³-hybridized carbons (Fsp3) is 0.692. The number of amides is 2. The van der Waals surface area contributed by atoms with Crippen molar-refractivity contribution in [2.24, 2.45) is 0 Å². The van der Waals surface area contributed by atoms with Gasteiger partial charge >= 0.3 is 0 Å². The van der Waals surface area contributed by atoms with E-state index in [1.807, 2.05) is 46.0 Å². The van der Waals surface area contributed by atoms with Gasteiger partial charge in [-0.15, -0.1) is 0 Å². The Hall–Kier alpha value is -2.00. The van der Waals surface area contributed by atoms with Crippen molar-refractivity contribution in [1.29, 1.82) is 0 Å². The van der Waals surface area contributed by atoms with E-state index >= 15 is 0 Å². The Bertz CT molecular complexity index is 506. The number of aryl methyl sites for hydroxylation is 1. The zero-order valence-electron chi connectivity index (χ0n) is 23.0. The van der Waals surface area contributed by atoms with E-state index < -0.39 is 0 Å². The lowest BCUT2D eigenvalue weighted by molar-refractivity contribution is -0.136. The fourth-order valence-electron chi connectivity index (χ4n) is 2.10. The second-order valence-corrected chi connectivity index (χ2v) is 7.16. The lowest BCUT2D eigenvalue weighted by Crippen LogP contribution is -2.49. The molecule has 2 rings (SSSR count). The van der Waals surface area contributed by atoms with Crippen LogP contribution in [-0.2, 0) is 9.59 Å². The van der Waals surface area contributed by atoms with Crippen LogP contribution in [0, 0.1) is 6.92 Å². The molecule has 0 spiro atoms. The van der Waals surface area contributed by atoms with Crippen molar-refractivity contribution in [3.63, 3.8) is 0 Å². The number of carbonyl (C=O) groups excluding carboxylic acids is 2. The van der Waals surface area contributed by atoms with Gasteiger partial charge in [0.25, 0.3) is 0 Å². The van der Waals surface area contributed by atoms with Gasteiger partial charge in [0.1, 0.15) is 0 Å². The second-order valence-electron chi connectivity index (χ2n) is 7.16. The Morgan fingerprint density at radius 3 is 1.71 bits per heavy atom. The minimum atomic E-state index is 0.0349. The van der Waals surface area contributed by atoms with Gasteiger partial charge in [0.2, 0.25) is 12.3 Å². The van der Waals surface area contributed by atoms with E-state index in [0.717, 1.165) is 52.6 Å². The highest BCUT2D eigenvalue weighted by Crippen LogP contribution is 1.99. The highest BCUT2D eigenvalue weighted by atomic mass is 16.3. The van der Waals surface area contributed by atoms with Crippen LogP contribution in [0.2, 0.25) is 0 Å². The number of likely N-dealkylation sites (N-methyl/N-ethyl adjacent to an activating group) is 2. The van der Waals surface area contributed by atoms with Gasteiger partial charge in [-0.05, 0) is 26.8 Å². The topological polar surface area (TPSA) is 105 Å². The number of nitrogens with zero attached hydrogens (tertiary/aromatic N) is 3. The number of rotatable bonds is 6. The third-order valence-corrected chi connectivity index (χ3v) is 4.10. The van der Waals surface area contributed by atoms with Crippen LogP contribution in [0.3, 0.4) is 0 Å². The van der Waals surface area contributed by atoms with Crippen molar-refractivity contribution in [1.82, 2.24) is 14.7 Å². The minimum absolute atomic E-state index is 0.0349. The number of aliphatic hydroxyl groups is 3. The summed E-state index contributed by atoms with van der Waals surface area (Å²) < 4.78 is 0. The number of hydrogen-bond donors (Lipinski definition) is 3. The zero-order chi connectivity index (χ0) is 27.2. The van der Waals surface area contributed by atoms with Gasteiger partial charge < -0.3 is 30.0 Å². The van der Waals surface area contributed by atoms with Gasteiger partial charge in [0.05, 0.1) is 6.54 Å². The molecule has 34 heavy (non-hydrogen) atoms. The maximum Gasteiger partial charge on any atom is 0.242 e. The molecular weight excluding hydrogens is 434 g/mol. The Labute approximate surface area is 209 Å². The first-order valence-corrected chi connectivity index (χ1v) is 12.2. The van der Waals surface area contributed by atoms with Crippen molar-refractivity contribution >= 4 is 12.3 Å². The molecule has 0 radical (unpaired) electrons. The molecule has 1 aromatic rings. The maximum atomic E-state index is 11.6. The van der Waals surface area contributed by atoms with E-state index in [2.05, 4.69) is 30.9 Å². The average Bonchev–Trinajstić information content (AvgIpc) is 2.88. The summed E-state index contributed by atoms with van der Waals surface area (Å²) in [7, 11) is 4.65. The molecule has 202 valence electrons. The van der Waals surface area contributed by atoms with Crippen molar-refractivity contribution in [3.05, 3.63) is 35.9 Å². The number of unbranched alkanes of at least 4 members (excludes halogenated alkanes) is 1. The Morgan fingerprint density at radius 1 is 0.971 bits per heavy atom. The molecule has 0 bridgehead atoms. The summed E-state index contributed by atoms with van der Waals surface area (Å²) in [5, 5.41) is 22.9. The predicted octanol–water partition coefficient (Wildman–Crippen LogP) is 2.65. The van der Waals surface area contributed by atoms with E-state index in [1.54, 1.807) is 11.9 Å². The highest BCUT2D eigenvalue weighted by molar-refractivity contribution is 5.80. The molecule has 0 saturated carbocycles. The van der Waals surface area contributed by atoms with Crippen LogP contribution in [0.5, 0.6) is 0 Å². The van der Waals surface area contributed by atoms with Crippen LogP contribution in [0.15, 0.2) is 30.3 Å². The van der Waals surface area contributed by atoms with E-state index in [4.69, 9.17) is 15.3 Å². The summed E-state index contributed by atoms with van der Waals surface area (Å²) >= 11 is 0. The van der Waals surface area contributed by atoms with Crippen LogP contribution in [0.4, 0.5) is 0 Å². The summed E-state index contributed by atoms with van der Waals surface area (Å²) in [6.45, 7) is 14.3. The summed E-state index contributed by atoms with van der Waals surface area (Å²) in [5.74, 6) is 0.0349. The number of aliphatic hydroxyl groups excluding tert-OH is 3. The monoisotopic (exact) mass is 487 g/mol. The van der Waals surface area contributed by atoms with E-state index in [-0.39, 0.29) is 12.5 Å². The molecule has 0 atom stereocenters. The van der Waals surface area contributed by atoms with Gasteiger partial charge in [-0.1, -0.05) is 70.0 Å². The number of benzene rings is 1. The number of hydrogen-bond acceptors (Lipinski definition) is 6. The molecule has 0 aliphatic carbocycles. The fourth-order valence-corrected chi connectivity index (χ4v) is 2.10.